The van der Waals surface area contributed by atoms with Crippen LogP contribution in [0.3, 0.4) is 0 Å². The molecule has 2 N–H and O–H groups in total. The van der Waals surface area contributed by atoms with E-state index in [2.05, 4.69) is 5.32 Å². The number of hydrogen-bond donors (Lipinski definition) is 2. The largest absolute Gasteiger partial charge is 0.463 e. The maximum Gasteiger partial charge on any atom is 0.302 e. The lowest BCUT2D eigenvalue weighted by molar-refractivity contribution is -0.145. The van der Waals surface area contributed by atoms with E-state index in [1.165, 1.54) is 6.92 Å². The van der Waals surface area contributed by atoms with Gasteiger partial charge in [0.2, 0.25) is 5.91 Å². The Labute approximate surface area is 103 Å². The van der Waals surface area contributed by atoms with Crippen LogP contribution < -0.4 is 5.32 Å². The Morgan fingerprint density at radius 2 is 2.00 bits per heavy atom. The smallest absolute Gasteiger partial charge is 0.302 e. The van der Waals surface area contributed by atoms with E-state index in [1.807, 2.05) is 13.8 Å². The van der Waals surface area contributed by atoms with Gasteiger partial charge in [-0.1, -0.05) is 20.3 Å². The highest BCUT2D eigenvalue weighted by molar-refractivity contribution is 5.76. The van der Waals surface area contributed by atoms with Gasteiger partial charge in [-0.15, -0.1) is 0 Å². The monoisotopic (exact) mass is 245 g/mol. The molecule has 5 heteroatoms. The molecule has 1 atom stereocenters. The molecule has 17 heavy (non-hydrogen) atoms. The second-order valence-electron chi connectivity index (χ2n) is 4.22. The van der Waals surface area contributed by atoms with E-state index in [4.69, 9.17) is 4.74 Å². The summed E-state index contributed by atoms with van der Waals surface area (Å²) in [6.07, 6.45) is 2.69. The third-order valence-electron chi connectivity index (χ3n) is 2.69. The number of carbonyl (C=O) groups is 2. The summed E-state index contributed by atoms with van der Waals surface area (Å²) in [5.74, 6) is -0.533. The summed E-state index contributed by atoms with van der Waals surface area (Å²) >= 11 is 0. The van der Waals surface area contributed by atoms with Gasteiger partial charge in [0.25, 0.3) is 0 Å². The lowest BCUT2D eigenvalue weighted by Crippen LogP contribution is -2.54. The van der Waals surface area contributed by atoms with E-state index in [0.717, 1.165) is 12.8 Å². The zero-order valence-corrected chi connectivity index (χ0v) is 10.9. The predicted molar refractivity (Wildman–Crippen MR) is 64.4 cm³/mol. The van der Waals surface area contributed by atoms with Gasteiger partial charge in [0, 0.05) is 13.3 Å². The molecule has 0 rings (SSSR count). The van der Waals surface area contributed by atoms with Crippen LogP contribution in [-0.4, -0.2) is 35.7 Å². The van der Waals surface area contributed by atoms with E-state index in [9.17, 15) is 14.7 Å². The van der Waals surface area contributed by atoms with Crippen LogP contribution in [0.4, 0.5) is 0 Å². The molecule has 0 saturated heterocycles. The number of esters is 1. The molecule has 0 spiro atoms. The number of amides is 1. The molecule has 5 nitrogen and oxygen atoms in total. The maximum absolute atomic E-state index is 11.6. The second kappa shape index (κ2) is 8.06. The Morgan fingerprint density at radius 1 is 1.35 bits per heavy atom. The summed E-state index contributed by atoms with van der Waals surface area (Å²) in [7, 11) is 0. The molecule has 1 unspecified atom stereocenters. The molecule has 0 heterocycles. The van der Waals surface area contributed by atoms with E-state index < -0.39 is 11.5 Å². The van der Waals surface area contributed by atoms with E-state index in [-0.39, 0.29) is 19.1 Å². The minimum absolute atomic E-state index is 0.00714. The van der Waals surface area contributed by atoms with Crippen molar-refractivity contribution in [1.82, 2.24) is 5.32 Å². The van der Waals surface area contributed by atoms with Crippen molar-refractivity contribution < 1.29 is 19.4 Å². The number of unbranched alkanes of at least 4 members (excludes halogenated alkanes) is 1. The van der Waals surface area contributed by atoms with Gasteiger partial charge in [-0.25, -0.2) is 0 Å². The Morgan fingerprint density at radius 3 is 2.41 bits per heavy atom. The quantitative estimate of drug-likeness (QED) is 0.625. The van der Waals surface area contributed by atoms with Crippen LogP contribution in [0.15, 0.2) is 0 Å². The normalized spacial score (nSPS) is 13.9. The van der Waals surface area contributed by atoms with Crippen molar-refractivity contribution in [1.29, 1.82) is 0 Å². The molecular weight excluding hydrogens is 222 g/mol. The van der Waals surface area contributed by atoms with Crippen molar-refractivity contribution in [2.24, 2.45) is 0 Å². The fourth-order valence-electron chi connectivity index (χ4n) is 1.36. The number of aliphatic hydroxyl groups is 1. The molecule has 0 aliphatic carbocycles. The number of hydrogen-bond acceptors (Lipinski definition) is 4. The average Bonchev–Trinajstić information content (AvgIpc) is 2.32. The maximum atomic E-state index is 11.6. The van der Waals surface area contributed by atoms with Gasteiger partial charge < -0.3 is 15.2 Å². The molecule has 0 aromatic heterocycles. The minimum Gasteiger partial charge on any atom is -0.463 e. The molecule has 0 bridgehead atoms. The zero-order valence-electron chi connectivity index (χ0n) is 10.9. The summed E-state index contributed by atoms with van der Waals surface area (Å²) < 4.78 is 4.88. The molecule has 1 amide bonds. The van der Waals surface area contributed by atoms with E-state index in [0.29, 0.717) is 12.8 Å². The highest BCUT2D eigenvalue weighted by atomic mass is 16.5. The van der Waals surface area contributed by atoms with Crippen LogP contribution >= 0.6 is 0 Å². The first-order valence-corrected chi connectivity index (χ1v) is 6.05. The Hall–Kier alpha value is -1.10. The van der Waals surface area contributed by atoms with Crippen molar-refractivity contribution in [2.45, 2.75) is 52.0 Å². The third kappa shape index (κ3) is 6.26. The van der Waals surface area contributed by atoms with E-state index in [1.54, 1.807) is 0 Å². The average molecular weight is 245 g/mol. The van der Waals surface area contributed by atoms with Crippen molar-refractivity contribution >= 4 is 11.9 Å². The Balaban J connectivity index is 4.37. The van der Waals surface area contributed by atoms with Gasteiger partial charge in [-0.05, 0) is 12.8 Å². The van der Waals surface area contributed by atoms with Crippen LogP contribution in [-0.2, 0) is 14.3 Å². The van der Waals surface area contributed by atoms with Crippen LogP contribution in [0.25, 0.3) is 0 Å². The molecular formula is C12H23NO4. The van der Waals surface area contributed by atoms with Crippen LogP contribution in [0.1, 0.15) is 46.5 Å². The first kappa shape index (κ1) is 15.9. The molecule has 0 aliphatic heterocycles. The molecule has 100 valence electrons. The SMILES string of the molecule is CCCCC(=O)NC(CC)(CO)COC(C)=O. The number of aliphatic hydroxyl groups excluding tert-OH is 1. The van der Waals surface area contributed by atoms with Crippen molar-refractivity contribution in [3.8, 4) is 0 Å². The Kier molecular flexibility index (Phi) is 7.54. The number of rotatable bonds is 8. The molecule has 0 aliphatic rings. The summed E-state index contributed by atoms with van der Waals surface area (Å²) in [4.78, 5) is 22.4. The number of nitrogens with one attached hydrogen (secondary N) is 1. The molecule has 0 aromatic rings. The highest BCUT2D eigenvalue weighted by Gasteiger charge is 2.30. The van der Waals surface area contributed by atoms with Crippen LogP contribution in [0, 0.1) is 0 Å². The van der Waals surface area contributed by atoms with Gasteiger partial charge >= 0.3 is 5.97 Å². The van der Waals surface area contributed by atoms with Crippen LogP contribution in [0.2, 0.25) is 0 Å². The number of carbonyl (C=O) groups excluding carboxylic acids is 2. The van der Waals surface area contributed by atoms with Gasteiger partial charge in [-0.2, -0.15) is 0 Å². The fourth-order valence-corrected chi connectivity index (χ4v) is 1.36. The van der Waals surface area contributed by atoms with Crippen LogP contribution in [0.5, 0.6) is 0 Å². The Bertz CT molecular complexity index is 249. The predicted octanol–water partition coefficient (Wildman–Crippen LogP) is 0.997. The number of ether oxygens (including phenoxy) is 1. The lowest BCUT2D eigenvalue weighted by Gasteiger charge is -2.31. The summed E-state index contributed by atoms with van der Waals surface area (Å²) in [6, 6.07) is 0. The fraction of sp³-hybridized carbons (Fsp3) is 0.833. The summed E-state index contributed by atoms with van der Waals surface area (Å²) in [5.41, 5.74) is -0.851. The van der Waals surface area contributed by atoms with Crippen molar-refractivity contribution in [2.75, 3.05) is 13.2 Å². The molecule has 0 radical (unpaired) electrons. The topological polar surface area (TPSA) is 75.6 Å². The van der Waals surface area contributed by atoms with Crippen molar-refractivity contribution in [3.63, 3.8) is 0 Å². The van der Waals surface area contributed by atoms with Gasteiger partial charge in [0.05, 0.1) is 12.1 Å². The second-order valence-corrected chi connectivity index (χ2v) is 4.22. The summed E-state index contributed by atoms with van der Waals surface area (Å²) in [6.45, 7) is 4.91. The standard InChI is InChI=1S/C12H23NO4/c1-4-6-7-11(16)13-12(5-2,8-14)9-17-10(3)15/h14H,4-9H2,1-3H3,(H,13,16). The van der Waals surface area contributed by atoms with Gasteiger partial charge in [0.1, 0.15) is 6.61 Å². The first-order chi connectivity index (χ1) is 7.99. The minimum atomic E-state index is -0.851. The highest BCUT2D eigenvalue weighted by Crippen LogP contribution is 2.11. The van der Waals surface area contributed by atoms with Crippen molar-refractivity contribution in [3.05, 3.63) is 0 Å². The first-order valence-electron chi connectivity index (χ1n) is 6.05. The molecule has 0 fully saturated rings. The zero-order chi connectivity index (χ0) is 13.3. The van der Waals surface area contributed by atoms with E-state index >= 15 is 0 Å². The summed E-state index contributed by atoms with van der Waals surface area (Å²) in [5, 5.41) is 12.1. The third-order valence-corrected chi connectivity index (χ3v) is 2.69. The lowest BCUT2D eigenvalue weighted by atomic mass is 9.98. The molecule has 0 saturated carbocycles. The van der Waals surface area contributed by atoms with Gasteiger partial charge in [0.15, 0.2) is 0 Å². The van der Waals surface area contributed by atoms with Gasteiger partial charge in [-0.3, -0.25) is 9.59 Å². The molecule has 0 aromatic carbocycles.